The van der Waals surface area contributed by atoms with E-state index >= 15 is 0 Å². The van der Waals surface area contributed by atoms with Gasteiger partial charge < -0.3 is 10.2 Å². The monoisotopic (exact) mass is 286 g/mol. The Morgan fingerprint density at radius 2 is 1.81 bits per heavy atom. The number of nitrogens with one attached hydrogen (secondary N) is 1. The van der Waals surface area contributed by atoms with Crippen LogP contribution in [-0.2, 0) is 4.79 Å². The Morgan fingerprint density at radius 3 is 2.48 bits per heavy atom. The van der Waals surface area contributed by atoms with E-state index in [0.29, 0.717) is 6.42 Å². The second-order valence-electron chi connectivity index (χ2n) is 6.42. The van der Waals surface area contributed by atoms with E-state index in [2.05, 4.69) is 29.6 Å². The van der Waals surface area contributed by atoms with E-state index in [1.807, 2.05) is 4.90 Å². The minimum Gasteiger partial charge on any atom is -0.385 e. The van der Waals surface area contributed by atoms with Gasteiger partial charge in [0.2, 0.25) is 5.91 Å². The van der Waals surface area contributed by atoms with E-state index < -0.39 is 0 Å². The van der Waals surface area contributed by atoms with Crippen molar-refractivity contribution in [3.8, 4) is 0 Å². The SMILES string of the molecule is O=C1CCCN1c1ccc(NCCC2CCCCC2)cc1. The molecule has 1 amide bonds. The minimum atomic E-state index is 0.257. The zero-order valence-corrected chi connectivity index (χ0v) is 12.8. The number of amides is 1. The molecule has 0 radical (unpaired) electrons. The molecule has 1 saturated carbocycles. The number of hydrogen-bond acceptors (Lipinski definition) is 2. The molecule has 1 aliphatic heterocycles. The van der Waals surface area contributed by atoms with Crippen LogP contribution in [0, 0.1) is 5.92 Å². The number of rotatable bonds is 5. The number of carbonyl (C=O) groups is 1. The predicted octanol–water partition coefficient (Wildman–Crippen LogP) is 4.20. The van der Waals surface area contributed by atoms with Crippen LogP contribution in [0.1, 0.15) is 51.4 Å². The number of hydrogen-bond donors (Lipinski definition) is 1. The van der Waals surface area contributed by atoms with E-state index in [1.165, 1.54) is 44.2 Å². The van der Waals surface area contributed by atoms with Crippen LogP contribution in [-0.4, -0.2) is 19.0 Å². The Kier molecular flexibility index (Phi) is 4.79. The van der Waals surface area contributed by atoms with Gasteiger partial charge in [-0.1, -0.05) is 32.1 Å². The van der Waals surface area contributed by atoms with Crippen LogP contribution in [0.15, 0.2) is 24.3 Å². The van der Waals surface area contributed by atoms with Crippen LogP contribution in [0.4, 0.5) is 11.4 Å². The van der Waals surface area contributed by atoms with Gasteiger partial charge in [0.25, 0.3) is 0 Å². The molecule has 1 aromatic carbocycles. The maximum atomic E-state index is 11.7. The summed E-state index contributed by atoms with van der Waals surface area (Å²) < 4.78 is 0. The first-order valence-electron chi connectivity index (χ1n) is 8.47. The maximum Gasteiger partial charge on any atom is 0.227 e. The first-order valence-corrected chi connectivity index (χ1v) is 8.47. The van der Waals surface area contributed by atoms with Crippen molar-refractivity contribution in [2.75, 3.05) is 23.3 Å². The lowest BCUT2D eigenvalue weighted by Gasteiger charge is -2.21. The van der Waals surface area contributed by atoms with Gasteiger partial charge in [0.05, 0.1) is 0 Å². The van der Waals surface area contributed by atoms with Crippen molar-refractivity contribution < 1.29 is 4.79 Å². The largest absolute Gasteiger partial charge is 0.385 e. The van der Waals surface area contributed by atoms with Gasteiger partial charge in [0.15, 0.2) is 0 Å². The summed E-state index contributed by atoms with van der Waals surface area (Å²) in [5.74, 6) is 1.18. The van der Waals surface area contributed by atoms with Crippen LogP contribution < -0.4 is 10.2 Å². The van der Waals surface area contributed by atoms with Gasteiger partial charge in [-0.3, -0.25) is 4.79 Å². The topological polar surface area (TPSA) is 32.3 Å². The lowest BCUT2D eigenvalue weighted by Crippen LogP contribution is -2.23. The maximum absolute atomic E-state index is 11.7. The minimum absolute atomic E-state index is 0.257. The number of carbonyl (C=O) groups excluding carboxylic acids is 1. The van der Waals surface area contributed by atoms with Crippen molar-refractivity contribution in [2.45, 2.75) is 51.4 Å². The predicted molar refractivity (Wildman–Crippen MR) is 87.7 cm³/mol. The summed E-state index contributed by atoms with van der Waals surface area (Å²) in [4.78, 5) is 13.6. The first-order chi connectivity index (χ1) is 10.3. The zero-order valence-electron chi connectivity index (χ0n) is 12.8. The van der Waals surface area contributed by atoms with Gasteiger partial charge in [-0.25, -0.2) is 0 Å². The molecule has 3 nitrogen and oxygen atoms in total. The molecule has 2 aliphatic rings. The van der Waals surface area contributed by atoms with Crippen LogP contribution >= 0.6 is 0 Å². The summed E-state index contributed by atoms with van der Waals surface area (Å²) in [6, 6.07) is 8.32. The van der Waals surface area contributed by atoms with Gasteiger partial charge in [-0.05, 0) is 43.0 Å². The van der Waals surface area contributed by atoms with Gasteiger partial charge in [0, 0.05) is 30.9 Å². The third-order valence-corrected chi connectivity index (χ3v) is 4.86. The average Bonchev–Trinajstić information content (AvgIpc) is 2.95. The van der Waals surface area contributed by atoms with Gasteiger partial charge >= 0.3 is 0 Å². The van der Waals surface area contributed by atoms with Crippen molar-refractivity contribution in [3.05, 3.63) is 24.3 Å². The Hall–Kier alpha value is -1.51. The highest BCUT2D eigenvalue weighted by Gasteiger charge is 2.21. The molecule has 1 saturated heterocycles. The molecule has 0 atom stereocenters. The summed E-state index contributed by atoms with van der Waals surface area (Å²) in [6.07, 6.45) is 10.1. The lowest BCUT2D eigenvalue weighted by atomic mass is 9.87. The number of nitrogens with zero attached hydrogens (tertiary/aromatic N) is 1. The molecule has 1 N–H and O–H groups in total. The Bertz CT molecular complexity index is 463. The van der Waals surface area contributed by atoms with E-state index in [9.17, 15) is 4.79 Å². The van der Waals surface area contributed by atoms with Crippen molar-refractivity contribution in [2.24, 2.45) is 5.92 Å². The molecule has 3 heteroatoms. The molecule has 0 bridgehead atoms. The van der Waals surface area contributed by atoms with Crippen LogP contribution in [0.5, 0.6) is 0 Å². The Morgan fingerprint density at radius 1 is 1.05 bits per heavy atom. The first kappa shape index (κ1) is 14.4. The quantitative estimate of drug-likeness (QED) is 0.880. The summed E-state index contributed by atoms with van der Waals surface area (Å²) in [7, 11) is 0. The highest BCUT2D eigenvalue weighted by atomic mass is 16.2. The summed E-state index contributed by atoms with van der Waals surface area (Å²) in [6.45, 7) is 1.93. The molecule has 0 unspecified atom stereocenters. The standard InChI is InChI=1S/C18H26N2O/c21-18-7-4-14-20(18)17-10-8-16(9-11-17)19-13-12-15-5-2-1-3-6-15/h8-11,15,19H,1-7,12-14H2. The van der Waals surface area contributed by atoms with Gasteiger partial charge in [-0.15, -0.1) is 0 Å². The highest BCUT2D eigenvalue weighted by Crippen LogP contribution is 2.27. The normalized spacial score (nSPS) is 20.0. The Labute approximate surface area is 127 Å². The molecule has 3 rings (SSSR count). The molecular formula is C18H26N2O. The summed E-state index contributed by atoms with van der Waals surface area (Å²) in [5, 5.41) is 3.52. The zero-order chi connectivity index (χ0) is 14.5. The smallest absolute Gasteiger partial charge is 0.227 e. The molecule has 2 fully saturated rings. The molecule has 1 aromatic rings. The molecule has 21 heavy (non-hydrogen) atoms. The van der Waals surface area contributed by atoms with E-state index in [4.69, 9.17) is 0 Å². The summed E-state index contributed by atoms with van der Waals surface area (Å²) in [5.41, 5.74) is 2.21. The van der Waals surface area contributed by atoms with Crippen molar-refractivity contribution in [1.29, 1.82) is 0 Å². The fourth-order valence-electron chi connectivity index (χ4n) is 3.58. The third-order valence-electron chi connectivity index (χ3n) is 4.86. The van der Waals surface area contributed by atoms with E-state index in [1.54, 1.807) is 0 Å². The lowest BCUT2D eigenvalue weighted by molar-refractivity contribution is -0.117. The van der Waals surface area contributed by atoms with Crippen LogP contribution in [0.2, 0.25) is 0 Å². The number of benzene rings is 1. The van der Waals surface area contributed by atoms with Crippen LogP contribution in [0.25, 0.3) is 0 Å². The van der Waals surface area contributed by atoms with E-state index in [-0.39, 0.29) is 5.91 Å². The average molecular weight is 286 g/mol. The number of anilines is 2. The molecule has 0 spiro atoms. The molecule has 0 aromatic heterocycles. The third kappa shape index (κ3) is 3.78. The molecular weight excluding hydrogens is 260 g/mol. The Balaban J connectivity index is 1.46. The van der Waals surface area contributed by atoms with Crippen molar-refractivity contribution in [1.82, 2.24) is 0 Å². The summed E-state index contributed by atoms with van der Waals surface area (Å²) >= 11 is 0. The van der Waals surface area contributed by atoms with Crippen molar-refractivity contribution >= 4 is 17.3 Å². The van der Waals surface area contributed by atoms with Crippen LogP contribution in [0.3, 0.4) is 0 Å². The van der Waals surface area contributed by atoms with Crippen molar-refractivity contribution in [3.63, 3.8) is 0 Å². The molecule has 114 valence electrons. The molecule has 1 heterocycles. The molecule has 1 aliphatic carbocycles. The fourth-order valence-corrected chi connectivity index (χ4v) is 3.58. The second-order valence-corrected chi connectivity index (χ2v) is 6.42. The highest BCUT2D eigenvalue weighted by molar-refractivity contribution is 5.95. The fraction of sp³-hybridized carbons (Fsp3) is 0.611. The van der Waals surface area contributed by atoms with Gasteiger partial charge in [-0.2, -0.15) is 0 Å². The van der Waals surface area contributed by atoms with Gasteiger partial charge in [0.1, 0.15) is 0 Å². The van der Waals surface area contributed by atoms with E-state index in [0.717, 1.165) is 31.1 Å². The second kappa shape index (κ2) is 6.97.